The van der Waals surface area contributed by atoms with Crippen molar-refractivity contribution in [2.75, 3.05) is 26.2 Å². The molecule has 1 N–H and O–H groups in total. The number of carbonyl (C=O) groups excluding carboxylic acids is 1. The van der Waals surface area contributed by atoms with E-state index in [-0.39, 0.29) is 5.91 Å². The summed E-state index contributed by atoms with van der Waals surface area (Å²) in [4.78, 5) is 21.4. The first kappa shape index (κ1) is 18.3. The molecule has 0 unspecified atom stereocenters. The molecule has 0 radical (unpaired) electrons. The summed E-state index contributed by atoms with van der Waals surface area (Å²) in [6.45, 7) is 7.58. The summed E-state index contributed by atoms with van der Waals surface area (Å²) in [5.41, 5.74) is 3.03. The van der Waals surface area contributed by atoms with E-state index in [1.54, 1.807) is 0 Å². The zero-order valence-electron chi connectivity index (χ0n) is 16.5. The van der Waals surface area contributed by atoms with Gasteiger partial charge in [-0.1, -0.05) is 30.7 Å². The predicted octanol–water partition coefficient (Wildman–Crippen LogP) is 3.15. The van der Waals surface area contributed by atoms with Gasteiger partial charge in [-0.2, -0.15) is 0 Å². The minimum absolute atomic E-state index is 0.282. The number of nitrogens with zero attached hydrogens (tertiary/aromatic N) is 3. The van der Waals surface area contributed by atoms with Gasteiger partial charge >= 0.3 is 0 Å². The molecule has 4 rings (SSSR count). The minimum Gasteiger partial charge on any atom is -0.357 e. The largest absolute Gasteiger partial charge is 0.357 e. The number of amides is 1. The van der Waals surface area contributed by atoms with Crippen LogP contribution < -0.4 is 5.32 Å². The van der Waals surface area contributed by atoms with Crippen molar-refractivity contribution in [3.63, 3.8) is 0 Å². The maximum atomic E-state index is 12.0. The lowest BCUT2D eigenvalue weighted by Crippen LogP contribution is -2.42. The monoisotopic (exact) mass is 368 g/mol. The predicted molar refractivity (Wildman–Crippen MR) is 108 cm³/mol. The van der Waals surface area contributed by atoms with Gasteiger partial charge < -0.3 is 15.1 Å². The molecular weight excluding hydrogens is 336 g/mol. The molecule has 1 saturated carbocycles. The Labute approximate surface area is 162 Å². The smallest absolute Gasteiger partial charge is 0.222 e. The molecule has 1 aromatic carbocycles. The molecule has 1 aromatic rings. The van der Waals surface area contributed by atoms with E-state index < -0.39 is 0 Å². The summed E-state index contributed by atoms with van der Waals surface area (Å²) in [5, 5.41) is 3.49. The molecule has 27 heavy (non-hydrogen) atoms. The molecule has 2 saturated heterocycles. The highest BCUT2D eigenvalue weighted by Gasteiger charge is 2.43. The van der Waals surface area contributed by atoms with Crippen molar-refractivity contribution < 1.29 is 4.79 Å². The van der Waals surface area contributed by atoms with Gasteiger partial charge in [0.2, 0.25) is 5.91 Å². The van der Waals surface area contributed by atoms with Crippen LogP contribution in [0, 0.1) is 5.41 Å². The van der Waals surface area contributed by atoms with E-state index >= 15 is 0 Å². The van der Waals surface area contributed by atoms with Crippen molar-refractivity contribution in [2.45, 2.75) is 58.5 Å². The summed E-state index contributed by atoms with van der Waals surface area (Å²) in [7, 11) is 0. The number of aliphatic imine (C=N–C) groups is 1. The van der Waals surface area contributed by atoms with E-state index in [2.05, 4.69) is 41.4 Å². The Hall–Kier alpha value is -2.04. The maximum Gasteiger partial charge on any atom is 0.222 e. The Morgan fingerprint density at radius 3 is 2.59 bits per heavy atom. The van der Waals surface area contributed by atoms with Gasteiger partial charge in [-0.3, -0.25) is 4.79 Å². The van der Waals surface area contributed by atoms with Crippen molar-refractivity contribution in [2.24, 2.45) is 10.4 Å². The fraction of sp³-hybridized carbons (Fsp3) is 0.636. The summed E-state index contributed by atoms with van der Waals surface area (Å²) in [5.74, 6) is 1.33. The standard InChI is InChI=1S/C22H32N4O/c1-2-23-21(26-14-12-22(17-26)10-6-11-22)24-15-18-7-3-4-8-19(18)16-25-13-5-9-20(25)27/h3-4,7-8H,2,5-6,9-17H2,1H3,(H,23,24). The van der Waals surface area contributed by atoms with Crippen molar-refractivity contribution in [1.82, 2.24) is 15.1 Å². The van der Waals surface area contributed by atoms with Crippen LogP contribution >= 0.6 is 0 Å². The number of hydrogen-bond acceptors (Lipinski definition) is 2. The molecule has 0 atom stereocenters. The van der Waals surface area contributed by atoms with Crippen molar-refractivity contribution >= 4 is 11.9 Å². The van der Waals surface area contributed by atoms with E-state index in [1.807, 2.05) is 4.90 Å². The highest BCUT2D eigenvalue weighted by molar-refractivity contribution is 5.80. The molecule has 2 aliphatic heterocycles. The van der Waals surface area contributed by atoms with Crippen molar-refractivity contribution in [3.8, 4) is 0 Å². The van der Waals surface area contributed by atoms with E-state index in [9.17, 15) is 4.79 Å². The zero-order chi connectivity index (χ0) is 18.7. The summed E-state index contributed by atoms with van der Waals surface area (Å²) < 4.78 is 0. The Balaban J connectivity index is 1.46. The van der Waals surface area contributed by atoms with Crippen LogP contribution in [0.3, 0.4) is 0 Å². The van der Waals surface area contributed by atoms with Gasteiger partial charge in [0.25, 0.3) is 0 Å². The number of hydrogen-bond donors (Lipinski definition) is 1. The summed E-state index contributed by atoms with van der Waals surface area (Å²) in [6.07, 6.45) is 7.16. The van der Waals surface area contributed by atoms with Crippen LogP contribution in [0.25, 0.3) is 0 Å². The van der Waals surface area contributed by atoms with Gasteiger partial charge in [-0.15, -0.1) is 0 Å². The molecule has 5 heteroatoms. The van der Waals surface area contributed by atoms with Gasteiger partial charge in [0.15, 0.2) is 5.96 Å². The minimum atomic E-state index is 0.282. The topological polar surface area (TPSA) is 47.9 Å². The second-order valence-corrected chi connectivity index (χ2v) is 8.38. The van der Waals surface area contributed by atoms with Gasteiger partial charge in [0, 0.05) is 39.1 Å². The Morgan fingerprint density at radius 1 is 1.15 bits per heavy atom. The Bertz CT molecular complexity index is 710. The quantitative estimate of drug-likeness (QED) is 0.642. The van der Waals surface area contributed by atoms with E-state index in [0.717, 1.165) is 38.6 Å². The first-order valence-corrected chi connectivity index (χ1v) is 10.6. The molecule has 146 valence electrons. The summed E-state index contributed by atoms with van der Waals surface area (Å²) >= 11 is 0. The first-order valence-electron chi connectivity index (χ1n) is 10.6. The Morgan fingerprint density at radius 2 is 1.96 bits per heavy atom. The van der Waals surface area contributed by atoms with E-state index in [1.165, 1.54) is 36.8 Å². The molecule has 0 bridgehead atoms. The number of guanidine groups is 1. The Kier molecular flexibility index (Phi) is 5.37. The summed E-state index contributed by atoms with van der Waals surface area (Å²) in [6, 6.07) is 8.43. The van der Waals surface area contributed by atoms with Crippen molar-refractivity contribution in [3.05, 3.63) is 35.4 Å². The molecule has 3 aliphatic rings. The van der Waals surface area contributed by atoms with Crippen LogP contribution in [0.4, 0.5) is 0 Å². The molecule has 1 spiro atoms. The van der Waals surface area contributed by atoms with Crippen LogP contribution in [0.5, 0.6) is 0 Å². The third-order valence-electron chi connectivity index (χ3n) is 6.54. The molecule has 0 aromatic heterocycles. The fourth-order valence-corrected chi connectivity index (χ4v) is 4.73. The highest BCUT2D eigenvalue weighted by Crippen LogP contribution is 2.47. The maximum absolute atomic E-state index is 12.0. The van der Waals surface area contributed by atoms with Crippen molar-refractivity contribution in [1.29, 1.82) is 0 Å². The molecular formula is C22H32N4O. The van der Waals surface area contributed by atoms with Gasteiger partial charge in [0.05, 0.1) is 6.54 Å². The third-order valence-corrected chi connectivity index (χ3v) is 6.54. The van der Waals surface area contributed by atoms with Crippen LogP contribution in [0.1, 0.15) is 56.6 Å². The lowest BCUT2D eigenvalue weighted by atomic mass is 9.68. The second-order valence-electron chi connectivity index (χ2n) is 8.38. The van der Waals surface area contributed by atoms with Crippen LogP contribution in [-0.2, 0) is 17.9 Å². The molecule has 5 nitrogen and oxygen atoms in total. The van der Waals surface area contributed by atoms with Gasteiger partial charge in [-0.05, 0) is 49.1 Å². The SMILES string of the molecule is CCNC(=NCc1ccccc1CN1CCCC1=O)N1CCC2(CCC2)C1. The zero-order valence-corrected chi connectivity index (χ0v) is 16.5. The number of likely N-dealkylation sites (tertiary alicyclic amines) is 2. The lowest BCUT2D eigenvalue weighted by Gasteiger charge is -2.38. The first-order chi connectivity index (χ1) is 13.2. The van der Waals surface area contributed by atoms with E-state index in [0.29, 0.717) is 24.9 Å². The van der Waals surface area contributed by atoms with Gasteiger partial charge in [0.1, 0.15) is 0 Å². The molecule has 1 aliphatic carbocycles. The van der Waals surface area contributed by atoms with E-state index in [4.69, 9.17) is 4.99 Å². The average molecular weight is 369 g/mol. The highest BCUT2D eigenvalue weighted by atomic mass is 16.2. The fourth-order valence-electron chi connectivity index (χ4n) is 4.73. The number of benzene rings is 1. The average Bonchev–Trinajstić information content (AvgIpc) is 3.27. The third kappa shape index (κ3) is 3.97. The normalized spacial score (nSPS) is 21.8. The lowest BCUT2D eigenvalue weighted by molar-refractivity contribution is -0.128. The van der Waals surface area contributed by atoms with Crippen LogP contribution in [0.15, 0.2) is 29.3 Å². The number of rotatable bonds is 5. The molecule has 1 amide bonds. The van der Waals surface area contributed by atoms with Crippen LogP contribution in [0.2, 0.25) is 0 Å². The number of carbonyl (C=O) groups is 1. The molecule has 2 heterocycles. The second kappa shape index (κ2) is 7.91. The van der Waals surface area contributed by atoms with Gasteiger partial charge in [-0.25, -0.2) is 4.99 Å². The van der Waals surface area contributed by atoms with Crippen LogP contribution in [-0.4, -0.2) is 47.8 Å². The molecule has 3 fully saturated rings. The number of nitrogens with one attached hydrogen (secondary N) is 1.